The summed E-state index contributed by atoms with van der Waals surface area (Å²) < 4.78 is 76.3. The Hall–Kier alpha value is -4.16. The third kappa shape index (κ3) is 8.18. The van der Waals surface area contributed by atoms with Gasteiger partial charge in [0.1, 0.15) is 6.04 Å². The van der Waals surface area contributed by atoms with Crippen LogP contribution in [0.2, 0.25) is 0 Å². The largest absolute Gasteiger partial charge is 0.408 e. The highest BCUT2D eigenvalue weighted by atomic mass is 19.4. The summed E-state index contributed by atoms with van der Waals surface area (Å²) in [7, 11) is 1.08. The molecule has 1 aromatic rings. The minimum atomic E-state index is -4.77. The Bertz CT molecular complexity index is 1160. The summed E-state index contributed by atoms with van der Waals surface area (Å²) in [5, 5.41) is 17.1. The van der Waals surface area contributed by atoms with E-state index < -0.39 is 91.0 Å². The molecule has 0 radical (unpaired) electrons. The molecule has 4 N–H and O–H groups in total. The summed E-state index contributed by atoms with van der Waals surface area (Å²) >= 11 is 0. The van der Waals surface area contributed by atoms with Crippen molar-refractivity contribution in [2.75, 3.05) is 12.4 Å². The molecule has 1 heterocycles. The number of likely N-dealkylation sites (N-methyl/N-ethyl adjacent to an activating group) is 1. The van der Waals surface area contributed by atoms with E-state index in [-0.39, 0.29) is 11.3 Å². The van der Waals surface area contributed by atoms with Gasteiger partial charge in [-0.1, -0.05) is 0 Å². The fourth-order valence-electron chi connectivity index (χ4n) is 3.57. The average molecular weight is 549 g/mol. The zero-order valence-electron chi connectivity index (χ0n) is 19.5. The smallest absolute Gasteiger partial charge is 0.353 e. The fourth-order valence-corrected chi connectivity index (χ4v) is 3.57. The molecule has 0 aliphatic carbocycles. The number of carbonyl (C=O) groups excluding carboxylic acids is 5. The van der Waals surface area contributed by atoms with Gasteiger partial charge in [-0.05, 0) is 31.0 Å². The lowest BCUT2D eigenvalue weighted by molar-refractivity contribution is -0.155. The van der Waals surface area contributed by atoms with Crippen LogP contribution in [0, 0.1) is 17.2 Å². The first-order valence-electron chi connectivity index (χ1n) is 10.9. The van der Waals surface area contributed by atoms with Crippen molar-refractivity contribution < 1.29 is 50.3 Å². The predicted octanol–water partition coefficient (Wildman–Crippen LogP) is 1.71. The number of Topliss-reactive ketones (excluding diaryl/α,β-unsaturated/α-hetero) is 1. The van der Waals surface area contributed by atoms with Gasteiger partial charge in [-0.15, -0.1) is 0 Å². The number of benzene rings is 1. The normalized spacial score (nSPS) is 18.1. The van der Waals surface area contributed by atoms with Crippen LogP contribution < -0.4 is 21.3 Å². The molecule has 1 aliphatic heterocycles. The lowest BCUT2D eigenvalue weighted by atomic mass is 9.93. The fraction of sp³-hybridized carbons (Fsp3) is 0.455. The van der Waals surface area contributed by atoms with Crippen molar-refractivity contribution in [3.63, 3.8) is 0 Å². The molecule has 1 fully saturated rings. The van der Waals surface area contributed by atoms with E-state index in [4.69, 9.17) is 5.26 Å². The molecule has 0 aromatic heterocycles. The van der Waals surface area contributed by atoms with Crippen LogP contribution in [-0.4, -0.2) is 60.9 Å². The molecule has 4 amide bonds. The molecule has 0 saturated carbocycles. The van der Waals surface area contributed by atoms with Crippen molar-refractivity contribution >= 4 is 35.1 Å². The van der Waals surface area contributed by atoms with E-state index in [1.54, 1.807) is 11.4 Å². The molecule has 2 rings (SSSR count). The van der Waals surface area contributed by atoms with Gasteiger partial charge in [-0.2, -0.15) is 31.6 Å². The molecule has 206 valence electrons. The number of hydrogen-bond donors (Lipinski definition) is 4. The van der Waals surface area contributed by atoms with Crippen LogP contribution >= 0.6 is 0 Å². The summed E-state index contributed by atoms with van der Waals surface area (Å²) in [5.41, 5.74) is -0.945. The second-order valence-corrected chi connectivity index (χ2v) is 8.28. The number of hydrogen-bond acceptors (Lipinski definition) is 6. The van der Waals surface area contributed by atoms with Crippen molar-refractivity contribution in [1.29, 1.82) is 5.26 Å². The van der Waals surface area contributed by atoms with Crippen LogP contribution in [0.3, 0.4) is 0 Å². The summed E-state index contributed by atoms with van der Waals surface area (Å²) in [4.78, 5) is 61.6. The SMILES string of the molecule is CNC(=O)C(=O)C(CC1C[C@@H](C(F)(F)F)NC1=O)NC(=O)c1cc(C#N)ccc1NC(=O)CCC(F)(F)F. The molecule has 38 heavy (non-hydrogen) atoms. The van der Waals surface area contributed by atoms with Crippen LogP contribution in [0.4, 0.5) is 32.0 Å². The van der Waals surface area contributed by atoms with Crippen molar-refractivity contribution in [2.45, 2.75) is 50.1 Å². The van der Waals surface area contributed by atoms with E-state index in [0.29, 0.717) is 0 Å². The molecule has 16 heteroatoms. The number of nitrogens with one attached hydrogen (secondary N) is 4. The van der Waals surface area contributed by atoms with Gasteiger partial charge in [0.15, 0.2) is 0 Å². The standard InChI is InChI=1S/C22H21F6N5O5/c1-30-20(38)17(35)14(7-11-8-15(22(26,27)28)33-18(11)36)32-19(37)12-6-10(9-29)2-3-13(12)31-16(34)4-5-21(23,24)25/h2-3,6,11,14-15H,4-5,7-8H2,1H3,(H,30,38)(H,31,34)(H,32,37)(H,33,36)/t11?,14?,15-/m0/s1. The lowest BCUT2D eigenvalue weighted by Gasteiger charge is -2.20. The maximum absolute atomic E-state index is 13.0. The number of ketones is 1. The number of anilines is 1. The van der Waals surface area contributed by atoms with E-state index >= 15 is 0 Å². The molecule has 1 aliphatic rings. The monoisotopic (exact) mass is 549 g/mol. The van der Waals surface area contributed by atoms with Crippen LogP contribution in [0.15, 0.2) is 18.2 Å². The van der Waals surface area contributed by atoms with Gasteiger partial charge >= 0.3 is 12.4 Å². The highest BCUT2D eigenvalue weighted by Gasteiger charge is 2.48. The van der Waals surface area contributed by atoms with Crippen molar-refractivity contribution in [1.82, 2.24) is 16.0 Å². The van der Waals surface area contributed by atoms with E-state index in [1.807, 2.05) is 5.32 Å². The second-order valence-electron chi connectivity index (χ2n) is 8.28. The Labute approximate surface area is 211 Å². The predicted molar refractivity (Wildman–Crippen MR) is 116 cm³/mol. The number of alkyl halides is 6. The number of halogens is 6. The highest BCUT2D eigenvalue weighted by Crippen LogP contribution is 2.32. The Morgan fingerprint density at radius 1 is 1.16 bits per heavy atom. The van der Waals surface area contributed by atoms with Gasteiger partial charge in [0.25, 0.3) is 11.8 Å². The first kappa shape index (κ1) is 30.1. The Morgan fingerprint density at radius 3 is 2.34 bits per heavy atom. The minimum absolute atomic E-state index is 0.124. The first-order valence-corrected chi connectivity index (χ1v) is 10.9. The minimum Gasteiger partial charge on any atom is -0.353 e. The van der Waals surface area contributed by atoms with Crippen LogP contribution in [-0.2, 0) is 19.2 Å². The number of amides is 4. The van der Waals surface area contributed by atoms with Crippen LogP contribution in [0.25, 0.3) is 0 Å². The third-order valence-corrected chi connectivity index (χ3v) is 5.50. The molecule has 10 nitrogen and oxygen atoms in total. The van der Waals surface area contributed by atoms with Gasteiger partial charge in [0.2, 0.25) is 17.6 Å². The van der Waals surface area contributed by atoms with Gasteiger partial charge in [0.05, 0.1) is 35.3 Å². The zero-order chi connectivity index (χ0) is 28.8. The summed E-state index contributed by atoms with van der Waals surface area (Å²) in [6.07, 6.45) is -13.3. The maximum Gasteiger partial charge on any atom is 0.408 e. The Morgan fingerprint density at radius 2 is 1.82 bits per heavy atom. The zero-order valence-corrected chi connectivity index (χ0v) is 19.5. The molecule has 0 spiro atoms. The molecule has 0 bridgehead atoms. The summed E-state index contributed by atoms with van der Waals surface area (Å²) in [6, 6.07) is 0.838. The van der Waals surface area contributed by atoms with Gasteiger partial charge in [-0.3, -0.25) is 24.0 Å². The van der Waals surface area contributed by atoms with E-state index in [1.165, 1.54) is 0 Å². The topological polar surface area (TPSA) is 157 Å². The summed E-state index contributed by atoms with van der Waals surface area (Å²) in [5.74, 6) is -7.31. The molecule has 3 atom stereocenters. The van der Waals surface area contributed by atoms with E-state index in [2.05, 4.69) is 10.6 Å². The van der Waals surface area contributed by atoms with Crippen LogP contribution in [0.1, 0.15) is 41.6 Å². The Balaban J connectivity index is 2.31. The number of nitrogens with zero attached hydrogens (tertiary/aromatic N) is 1. The van der Waals surface area contributed by atoms with Gasteiger partial charge in [-0.25, -0.2) is 0 Å². The first-order chi connectivity index (χ1) is 17.6. The maximum atomic E-state index is 13.0. The van der Waals surface area contributed by atoms with Gasteiger partial charge in [0, 0.05) is 19.4 Å². The van der Waals surface area contributed by atoms with E-state index in [0.717, 1.165) is 25.2 Å². The number of carbonyl (C=O) groups is 5. The average Bonchev–Trinajstić information content (AvgIpc) is 3.21. The number of rotatable bonds is 9. The second kappa shape index (κ2) is 11.9. The van der Waals surface area contributed by atoms with Gasteiger partial charge < -0.3 is 21.3 Å². The molecule has 1 saturated heterocycles. The summed E-state index contributed by atoms with van der Waals surface area (Å²) in [6.45, 7) is 0. The van der Waals surface area contributed by atoms with E-state index in [9.17, 15) is 50.3 Å². The number of nitriles is 1. The van der Waals surface area contributed by atoms with Crippen LogP contribution in [0.5, 0.6) is 0 Å². The van der Waals surface area contributed by atoms with Crippen molar-refractivity contribution in [3.8, 4) is 6.07 Å². The quantitative estimate of drug-likeness (QED) is 0.271. The third-order valence-electron chi connectivity index (χ3n) is 5.50. The highest BCUT2D eigenvalue weighted by molar-refractivity contribution is 6.38. The Kier molecular flexibility index (Phi) is 9.43. The molecular weight excluding hydrogens is 528 g/mol. The molecule has 2 unspecified atom stereocenters. The molecule has 1 aromatic carbocycles. The van der Waals surface area contributed by atoms with Crippen molar-refractivity contribution in [3.05, 3.63) is 29.3 Å². The lowest BCUT2D eigenvalue weighted by Crippen LogP contribution is -2.48. The molecular formula is C22H21F6N5O5. The van der Waals surface area contributed by atoms with Crippen molar-refractivity contribution in [2.24, 2.45) is 5.92 Å².